The van der Waals surface area contributed by atoms with Crippen molar-refractivity contribution in [3.63, 3.8) is 0 Å². The fourth-order valence-electron chi connectivity index (χ4n) is 4.04. The van der Waals surface area contributed by atoms with E-state index < -0.39 is 0 Å². The molecule has 0 unspecified atom stereocenters. The number of imidazole rings is 2. The molecule has 0 aliphatic rings. The number of rotatable bonds is 9. The number of nitrogens with one attached hydrogen (secondary N) is 5. The topological polar surface area (TPSA) is 140 Å². The molecular weight excluding hydrogens is 442 g/mol. The van der Waals surface area contributed by atoms with Crippen molar-refractivity contribution < 1.29 is 4.79 Å². The monoisotopic (exact) mass is 469 g/mol. The lowest BCUT2D eigenvalue weighted by Crippen LogP contribution is -2.26. The predicted octanol–water partition coefficient (Wildman–Crippen LogP) is 3.13. The number of hydrogen-bond donors (Lipinski definition) is 5. The molecule has 1 aromatic carbocycles. The second-order valence-corrected chi connectivity index (χ2v) is 8.31. The highest BCUT2D eigenvalue weighted by atomic mass is 16.1. The van der Waals surface area contributed by atoms with E-state index in [1.165, 1.54) is 17.3 Å². The number of amides is 1. The zero-order valence-electron chi connectivity index (χ0n) is 19.6. The van der Waals surface area contributed by atoms with Gasteiger partial charge in [-0.3, -0.25) is 14.9 Å². The number of benzene rings is 1. The van der Waals surface area contributed by atoms with Crippen molar-refractivity contribution in [1.82, 2.24) is 45.8 Å². The number of carbonyl (C=O) groups excluding carboxylic acids is 1. The number of fused-ring (bicyclic) bond motifs is 1. The molecule has 0 aliphatic heterocycles. The Kier molecular flexibility index (Phi) is 6.36. The molecule has 4 aromatic heterocycles. The van der Waals surface area contributed by atoms with Crippen LogP contribution in [0.25, 0.3) is 33.5 Å². The van der Waals surface area contributed by atoms with Crippen molar-refractivity contribution in [3.05, 3.63) is 71.8 Å². The summed E-state index contributed by atoms with van der Waals surface area (Å²) in [6.45, 7) is 6.38. The number of carbonyl (C=O) groups is 1. The SMILES string of the molecule is CCNCc1cncc(-c2ccc3[nH]nc(-c4ncc(C(=O)NCCc5cnc[nH]5)[nH]4)c3c2)c1C. The van der Waals surface area contributed by atoms with E-state index in [1.807, 2.05) is 18.5 Å². The molecule has 5 aromatic rings. The van der Waals surface area contributed by atoms with Gasteiger partial charge in [0.1, 0.15) is 11.4 Å². The van der Waals surface area contributed by atoms with Crippen LogP contribution >= 0.6 is 0 Å². The van der Waals surface area contributed by atoms with Crippen molar-refractivity contribution in [3.8, 4) is 22.6 Å². The summed E-state index contributed by atoms with van der Waals surface area (Å²) in [5.41, 5.74) is 7.38. The van der Waals surface area contributed by atoms with Crippen molar-refractivity contribution in [2.24, 2.45) is 0 Å². The average molecular weight is 470 g/mol. The molecule has 178 valence electrons. The summed E-state index contributed by atoms with van der Waals surface area (Å²) < 4.78 is 0. The minimum atomic E-state index is -0.219. The summed E-state index contributed by atoms with van der Waals surface area (Å²) in [6, 6.07) is 6.15. The Balaban J connectivity index is 1.38. The summed E-state index contributed by atoms with van der Waals surface area (Å²) >= 11 is 0. The molecule has 0 bridgehead atoms. The number of pyridine rings is 1. The first kappa shape index (κ1) is 22.5. The molecule has 4 heterocycles. The van der Waals surface area contributed by atoms with Crippen LogP contribution in [0.1, 0.15) is 34.2 Å². The highest BCUT2D eigenvalue weighted by molar-refractivity contribution is 5.96. The smallest absolute Gasteiger partial charge is 0.269 e. The first-order valence-electron chi connectivity index (χ1n) is 11.6. The van der Waals surface area contributed by atoms with Crippen LogP contribution in [0.5, 0.6) is 0 Å². The van der Waals surface area contributed by atoms with Crippen LogP contribution in [0.15, 0.2) is 49.3 Å². The third kappa shape index (κ3) is 4.69. The van der Waals surface area contributed by atoms with Gasteiger partial charge in [0.25, 0.3) is 5.91 Å². The molecule has 0 saturated heterocycles. The number of hydrogen-bond acceptors (Lipinski definition) is 6. The maximum absolute atomic E-state index is 12.6. The Morgan fingerprint density at radius 1 is 1.11 bits per heavy atom. The van der Waals surface area contributed by atoms with E-state index in [4.69, 9.17) is 0 Å². The van der Waals surface area contributed by atoms with E-state index >= 15 is 0 Å². The van der Waals surface area contributed by atoms with Gasteiger partial charge >= 0.3 is 0 Å². The molecule has 0 atom stereocenters. The van der Waals surface area contributed by atoms with Gasteiger partial charge in [0.2, 0.25) is 0 Å². The Morgan fingerprint density at radius 3 is 2.86 bits per heavy atom. The highest BCUT2D eigenvalue weighted by Crippen LogP contribution is 2.31. The van der Waals surface area contributed by atoms with Crippen LogP contribution in [0.4, 0.5) is 0 Å². The molecule has 0 saturated carbocycles. The second-order valence-electron chi connectivity index (χ2n) is 8.31. The maximum atomic E-state index is 12.6. The van der Waals surface area contributed by atoms with E-state index in [9.17, 15) is 4.79 Å². The molecule has 1 amide bonds. The molecule has 10 nitrogen and oxygen atoms in total. The van der Waals surface area contributed by atoms with Gasteiger partial charge in [0.15, 0.2) is 5.82 Å². The van der Waals surface area contributed by atoms with Gasteiger partial charge in [0.05, 0.1) is 18.0 Å². The van der Waals surface area contributed by atoms with Crippen molar-refractivity contribution in [2.75, 3.05) is 13.1 Å². The predicted molar refractivity (Wildman–Crippen MR) is 134 cm³/mol. The number of nitrogens with zero attached hydrogens (tertiary/aromatic N) is 4. The van der Waals surface area contributed by atoms with Crippen LogP contribution in [0.3, 0.4) is 0 Å². The minimum absolute atomic E-state index is 0.219. The summed E-state index contributed by atoms with van der Waals surface area (Å²) in [6.07, 6.45) is 9.37. The van der Waals surface area contributed by atoms with Crippen LogP contribution < -0.4 is 10.6 Å². The van der Waals surface area contributed by atoms with Crippen LogP contribution in [0, 0.1) is 6.92 Å². The van der Waals surface area contributed by atoms with E-state index in [1.54, 1.807) is 12.5 Å². The summed E-state index contributed by atoms with van der Waals surface area (Å²) in [5.74, 6) is 0.311. The number of aromatic amines is 3. The van der Waals surface area contributed by atoms with Crippen LogP contribution in [0.2, 0.25) is 0 Å². The Labute approximate surface area is 202 Å². The van der Waals surface area contributed by atoms with E-state index in [2.05, 4.69) is 71.7 Å². The van der Waals surface area contributed by atoms with Gasteiger partial charge < -0.3 is 20.6 Å². The third-order valence-electron chi connectivity index (χ3n) is 6.04. The van der Waals surface area contributed by atoms with Gasteiger partial charge in [-0.25, -0.2) is 9.97 Å². The number of H-pyrrole nitrogens is 3. The van der Waals surface area contributed by atoms with Crippen molar-refractivity contribution in [1.29, 1.82) is 0 Å². The second kappa shape index (κ2) is 9.90. The Hall–Kier alpha value is -4.31. The molecule has 35 heavy (non-hydrogen) atoms. The Morgan fingerprint density at radius 2 is 2.03 bits per heavy atom. The zero-order valence-corrected chi connectivity index (χ0v) is 19.6. The van der Waals surface area contributed by atoms with Crippen LogP contribution in [-0.2, 0) is 13.0 Å². The van der Waals surface area contributed by atoms with Crippen molar-refractivity contribution in [2.45, 2.75) is 26.8 Å². The molecule has 0 fully saturated rings. The first-order valence-corrected chi connectivity index (χ1v) is 11.6. The van der Waals surface area contributed by atoms with Crippen molar-refractivity contribution >= 4 is 16.8 Å². The van der Waals surface area contributed by atoms with Crippen LogP contribution in [-0.4, -0.2) is 54.1 Å². The molecule has 0 spiro atoms. The molecule has 0 radical (unpaired) electrons. The summed E-state index contributed by atoms with van der Waals surface area (Å²) in [4.78, 5) is 31.5. The molecular formula is C25H27N9O. The number of aromatic nitrogens is 7. The fourth-order valence-corrected chi connectivity index (χ4v) is 4.04. The van der Waals surface area contributed by atoms with Gasteiger partial charge in [-0.05, 0) is 42.3 Å². The summed E-state index contributed by atoms with van der Waals surface area (Å²) in [5, 5.41) is 14.7. The van der Waals surface area contributed by atoms with E-state index in [-0.39, 0.29) is 5.91 Å². The van der Waals surface area contributed by atoms with Gasteiger partial charge in [-0.15, -0.1) is 0 Å². The molecule has 5 rings (SSSR count). The molecule has 5 N–H and O–H groups in total. The lowest BCUT2D eigenvalue weighted by atomic mass is 9.98. The standard InChI is InChI=1S/C25H27N9O/c1-3-26-9-17-10-27-12-20(15(17)2)16-4-5-21-19(8-16)23(34-33-21)24-30-13-22(32-24)25(35)29-7-6-18-11-28-14-31-18/h4-5,8,10-14,26H,3,6-7,9H2,1-2H3,(H,28,31)(H,29,35)(H,30,32)(H,33,34). The first-order chi connectivity index (χ1) is 17.1. The maximum Gasteiger partial charge on any atom is 0.269 e. The van der Waals surface area contributed by atoms with Gasteiger partial charge in [-0.2, -0.15) is 5.10 Å². The highest BCUT2D eigenvalue weighted by Gasteiger charge is 2.16. The zero-order chi connectivity index (χ0) is 24.2. The van der Waals surface area contributed by atoms with Gasteiger partial charge in [-0.1, -0.05) is 13.0 Å². The third-order valence-corrected chi connectivity index (χ3v) is 6.04. The quantitative estimate of drug-likeness (QED) is 0.225. The molecule has 10 heteroatoms. The average Bonchev–Trinajstić information content (AvgIpc) is 3.63. The largest absolute Gasteiger partial charge is 0.350 e. The van der Waals surface area contributed by atoms with Gasteiger partial charge in [0, 0.05) is 54.7 Å². The van der Waals surface area contributed by atoms with E-state index in [0.717, 1.165) is 40.8 Å². The Bertz CT molecular complexity index is 1450. The minimum Gasteiger partial charge on any atom is -0.350 e. The molecule has 0 aliphatic carbocycles. The summed E-state index contributed by atoms with van der Waals surface area (Å²) in [7, 11) is 0. The lowest BCUT2D eigenvalue weighted by molar-refractivity contribution is 0.0949. The lowest BCUT2D eigenvalue weighted by Gasteiger charge is -2.11. The normalized spacial score (nSPS) is 11.3. The van der Waals surface area contributed by atoms with E-state index in [0.29, 0.717) is 30.2 Å². The fraction of sp³-hybridized carbons (Fsp3) is 0.240.